The van der Waals surface area contributed by atoms with Gasteiger partial charge in [-0.25, -0.2) is 0 Å². The second-order valence-electron chi connectivity index (χ2n) is 5.18. The lowest BCUT2D eigenvalue weighted by Gasteiger charge is -2.33. The first kappa shape index (κ1) is 17.2. The third kappa shape index (κ3) is 4.39. The highest BCUT2D eigenvalue weighted by atomic mass is 79.9. The van der Waals surface area contributed by atoms with Crippen LogP contribution in [0.25, 0.3) is 0 Å². The number of hydrogen-bond acceptors (Lipinski definition) is 3. The standard InChI is InChI=1S/C16H20Br2N2S/c1-3-15(19)16(13-6-4-5-7-14(13)18)20(2)9-12-8-11(17)10-21-12/h4-8,10,15-16H,3,9,19H2,1-2H3. The molecule has 0 fully saturated rings. The van der Waals surface area contributed by atoms with E-state index >= 15 is 0 Å². The maximum atomic E-state index is 6.41. The van der Waals surface area contributed by atoms with E-state index in [0.717, 1.165) is 21.9 Å². The third-order valence-electron chi connectivity index (χ3n) is 3.60. The second-order valence-corrected chi connectivity index (χ2v) is 7.95. The van der Waals surface area contributed by atoms with Gasteiger partial charge in [0, 0.05) is 31.8 Å². The average Bonchev–Trinajstić information content (AvgIpc) is 2.86. The van der Waals surface area contributed by atoms with Gasteiger partial charge in [0.25, 0.3) is 0 Å². The summed E-state index contributed by atoms with van der Waals surface area (Å²) >= 11 is 8.96. The van der Waals surface area contributed by atoms with E-state index in [1.54, 1.807) is 11.3 Å². The first-order valence-corrected chi connectivity index (χ1v) is 9.42. The van der Waals surface area contributed by atoms with Gasteiger partial charge in [0.1, 0.15) is 0 Å². The summed E-state index contributed by atoms with van der Waals surface area (Å²) in [5.74, 6) is 0. The summed E-state index contributed by atoms with van der Waals surface area (Å²) in [6.45, 7) is 3.04. The predicted octanol–water partition coefficient (Wildman–Crippen LogP) is 5.18. The lowest BCUT2D eigenvalue weighted by atomic mass is 9.96. The van der Waals surface area contributed by atoms with Crippen LogP contribution in [0.2, 0.25) is 0 Å². The molecule has 21 heavy (non-hydrogen) atoms. The number of thiophene rings is 1. The van der Waals surface area contributed by atoms with Gasteiger partial charge in [-0.15, -0.1) is 11.3 Å². The molecule has 0 amide bonds. The fourth-order valence-electron chi connectivity index (χ4n) is 2.51. The van der Waals surface area contributed by atoms with Crippen LogP contribution in [-0.4, -0.2) is 18.0 Å². The van der Waals surface area contributed by atoms with Gasteiger partial charge in [-0.2, -0.15) is 0 Å². The first-order valence-electron chi connectivity index (χ1n) is 6.96. The van der Waals surface area contributed by atoms with Crippen LogP contribution < -0.4 is 5.73 Å². The minimum Gasteiger partial charge on any atom is -0.326 e. The molecule has 2 N–H and O–H groups in total. The number of benzene rings is 1. The van der Waals surface area contributed by atoms with Crippen LogP contribution in [0.3, 0.4) is 0 Å². The van der Waals surface area contributed by atoms with Crippen LogP contribution in [0, 0.1) is 0 Å². The zero-order valence-corrected chi connectivity index (χ0v) is 16.2. The van der Waals surface area contributed by atoms with Crippen molar-refractivity contribution < 1.29 is 0 Å². The summed E-state index contributed by atoms with van der Waals surface area (Å²) in [6.07, 6.45) is 0.949. The maximum absolute atomic E-state index is 6.41. The monoisotopic (exact) mass is 430 g/mol. The van der Waals surface area contributed by atoms with Crippen molar-refractivity contribution in [3.05, 3.63) is 55.1 Å². The molecule has 2 unspecified atom stereocenters. The molecule has 0 aliphatic rings. The van der Waals surface area contributed by atoms with E-state index < -0.39 is 0 Å². The molecule has 0 radical (unpaired) electrons. The normalized spacial score (nSPS) is 14.4. The van der Waals surface area contributed by atoms with Crippen LogP contribution in [0.4, 0.5) is 0 Å². The summed E-state index contributed by atoms with van der Waals surface area (Å²) in [4.78, 5) is 3.68. The van der Waals surface area contributed by atoms with Crippen LogP contribution >= 0.6 is 43.2 Å². The fraction of sp³-hybridized carbons (Fsp3) is 0.375. The molecule has 2 nitrogen and oxygen atoms in total. The van der Waals surface area contributed by atoms with E-state index in [1.807, 2.05) is 6.07 Å². The van der Waals surface area contributed by atoms with Crippen molar-refractivity contribution in [2.45, 2.75) is 32.0 Å². The van der Waals surface area contributed by atoms with E-state index in [1.165, 1.54) is 10.4 Å². The lowest BCUT2D eigenvalue weighted by Crippen LogP contribution is -2.38. The Morgan fingerprint density at radius 2 is 2.00 bits per heavy atom. The molecule has 0 saturated heterocycles. The Balaban J connectivity index is 2.25. The molecule has 0 aliphatic heterocycles. The second kappa shape index (κ2) is 7.88. The van der Waals surface area contributed by atoms with Gasteiger partial charge in [-0.3, -0.25) is 4.90 Å². The summed E-state index contributed by atoms with van der Waals surface area (Å²) in [6, 6.07) is 10.8. The zero-order chi connectivity index (χ0) is 15.4. The molecule has 2 atom stereocenters. The van der Waals surface area contributed by atoms with Crippen molar-refractivity contribution in [3.63, 3.8) is 0 Å². The Kier molecular flexibility index (Phi) is 6.44. The highest BCUT2D eigenvalue weighted by molar-refractivity contribution is 9.10. The van der Waals surface area contributed by atoms with Crippen molar-refractivity contribution in [3.8, 4) is 0 Å². The van der Waals surface area contributed by atoms with Crippen LogP contribution in [-0.2, 0) is 6.54 Å². The number of hydrogen-bond donors (Lipinski definition) is 1. The quantitative estimate of drug-likeness (QED) is 0.682. The molecule has 2 aromatic rings. The Morgan fingerprint density at radius 3 is 2.57 bits per heavy atom. The van der Waals surface area contributed by atoms with Gasteiger partial charge in [0.2, 0.25) is 0 Å². The third-order valence-corrected chi connectivity index (χ3v) is 6.01. The summed E-state index contributed by atoms with van der Waals surface area (Å²) in [5, 5.41) is 2.12. The van der Waals surface area contributed by atoms with Gasteiger partial charge in [-0.1, -0.05) is 41.1 Å². The number of nitrogens with zero attached hydrogens (tertiary/aromatic N) is 1. The lowest BCUT2D eigenvalue weighted by molar-refractivity contribution is 0.202. The molecule has 1 aromatic heterocycles. The minimum absolute atomic E-state index is 0.108. The van der Waals surface area contributed by atoms with E-state index in [4.69, 9.17) is 5.73 Å². The molecule has 0 bridgehead atoms. The van der Waals surface area contributed by atoms with Crippen LogP contribution in [0.5, 0.6) is 0 Å². The highest BCUT2D eigenvalue weighted by Gasteiger charge is 2.25. The van der Waals surface area contributed by atoms with Gasteiger partial charge in [-0.05, 0) is 47.1 Å². The average molecular weight is 432 g/mol. The van der Waals surface area contributed by atoms with Crippen molar-refractivity contribution >= 4 is 43.2 Å². The van der Waals surface area contributed by atoms with E-state index in [0.29, 0.717) is 0 Å². The Morgan fingerprint density at radius 1 is 1.29 bits per heavy atom. The SMILES string of the molecule is CCC(N)C(c1ccccc1Br)N(C)Cc1cc(Br)cs1. The van der Waals surface area contributed by atoms with Crippen molar-refractivity contribution in [2.24, 2.45) is 5.73 Å². The molecular weight excluding hydrogens is 412 g/mol. The summed E-state index contributed by atoms with van der Waals surface area (Å²) in [5.41, 5.74) is 7.66. The Bertz CT molecular complexity index is 585. The van der Waals surface area contributed by atoms with Crippen molar-refractivity contribution in [1.82, 2.24) is 4.90 Å². The molecule has 0 aliphatic carbocycles. The molecule has 1 aromatic carbocycles. The zero-order valence-electron chi connectivity index (χ0n) is 12.2. The topological polar surface area (TPSA) is 29.3 Å². The Hall–Kier alpha value is -0.200. The van der Waals surface area contributed by atoms with Gasteiger partial charge in [0.05, 0.1) is 6.04 Å². The largest absolute Gasteiger partial charge is 0.326 e. The Labute approximate surface area is 147 Å². The van der Waals surface area contributed by atoms with Crippen molar-refractivity contribution in [2.75, 3.05) is 7.05 Å². The number of rotatable bonds is 6. The van der Waals surface area contributed by atoms with E-state index in [-0.39, 0.29) is 12.1 Å². The predicted molar refractivity (Wildman–Crippen MR) is 98.6 cm³/mol. The smallest absolute Gasteiger partial charge is 0.0511 e. The van der Waals surface area contributed by atoms with Crippen LogP contribution in [0.15, 0.2) is 44.7 Å². The van der Waals surface area contributed by atoms with Gasteiger partial charge < -0.3 is 5.73 Å². The van der Waals surface area contributed by atoms with Crippen molar-refractivity contribution in [1.29, 1.82) is 0 Å². The molecule has 5 heteroatoms. The molecule has 2 rings (SSSR count). The molecular formula is C16H20Br2N2S. The van der Waals surface area contributed by atoms with E-state index in [9.17, 15) is 0 Å². The van der Waals surface area contributed by atoms with E-state index in [2.05, 4.69) is 80.4 Å². The number of halogens is 2. The molecule has 1 heterocycles. The van der Waals surface area contributed by atoms with Gasteiger partial charge >= 0.3 is 0 Å². The minimum atomic E-state index is 0.108. The fourth-order valence-corrected chi connectivity index (χ4v) is 4.55. The first-order chi connectivity index (χ1) is 10.0. The summed E-state index contributed by atoms with van der Waals surface area (Å²) in [7, 11) is 2.15. The highest BCUT2D eigenvalue weighted by Crippen LogP contribution is 2.32. The van der Waals surface area contributed by atoms with Crippen LogP contribution in [0.1, 0.15) is 29.8 Å². The molecule has 0 saturated carbocycles. The molecule has 114 valence electrons. The number of likely N-dealkylation sites (N-methyl/N-ethyl adjacent to an activating group) is 1. The number of nitrogens with two attached hydrogens (primary N) is 1. The summed E-state index contributed by atoms with van der Waals surface area (Å²) < 4.78 is 2.27. The molecule has 0 spiro atoms. The maximum Gasteiger partial charge on any atom is 0.0511 e. The van der Waals surface area contributed by atoms with Gasteiger partial charge in [0.15, 0.2) is 0 Å².